The van der Waals surface area contributed by atoms with Crippen molar-refractivity contribution in [2.24, 2.45) is 0 Å². The topological polar surface area (TPSA) is 66.4 Å². The molecule has 0 aliphatic carbocycles. The van der Waals surface area contributed by atoms with E-state index >= 15 is 0 Å². The van der Waals surface area contributed by atoms with Gasteiger partial charge < -0.3 is 15.2 Å². The quantitative estimate of drug-likeness (QED) is 0.549. The first-order valence-electron chi connectivity index (χ1n) is 9.35. The molecule has 1 amide bonds. The van der Waals surface area contributed by atoms with Crippen LogP contribution in [0.2, 0.25) is 0 Å². The molecule has 0 aliphatic rings. The number of quaternary nitrogens is 1. The number of H-pyrrole nitrogens is 1. The van der Waals surface area contributed by atoms with E-state index in [1.807, 2.05) is 45.2 Å². The van der Waals surface area contributed by atoms with Gasteiger partial charge in [-0.15, -0.1) is 0 Å². The van der Waals surface area contributed by atoms with Gasteiger partial charge in [0.15, 0.2) is 6.54 Å². The maximum Gasteiger partial charge on any atom is 0.275 e. The van der Waals surface area contributed by atoms with Gasteiger partial charge in [0.05, 0.1) is 18.3 Å². The van der Waals surface area contributed by atoms with E-state index in [-0.39, 0.29) is 36.6 Å². The molecule has 0 saturated heterocycles. The Morgan fingerprint density at radius 1 is 1.07 bits per heavy atom. The highest BCUT2D eigenvalue weighted by atomic mass is 19.1. The van der Waals surface area contributed by atoms with Crippen LogP contribution in [0.3, 0.4) is 0 Å². The molecule has 0 bridgehead atoms. The summed E-state index contributed by atoms with van der Waals surface area (Å²) in [5.41, 5.74) is 2.84. The number of benzene rings is 2. The Morgan fingerprint density at radius 3 is 2.43 bits per heavy atom. The van der Waals surface area contributed by atoms with E-state index in [0.29, 0.717) is 11.3 Å². The van der Waals surface area contributed by atoms with Crippen molar-refractivity contribution in [2.75, 3.05) is 20.1 Å². The molecule has 3 rings (SSSR count). The Kier molecular flexibility index (Phi) is 5.90. The number of aromatic nitrogens is 1. The highest BCUT2D eigenvalue weighted by Gasteiger charge is 2.23. The van der Waals surface area contributed by atoms with Gasteiger partial charge in [-0.05, 0) is 49.7 Å². The van der Waals surface area contributed by atoms with Crippen LogP contribution in [0.25, 0.3) is 22.2 Å². The number of hydrogen-bond donors (Lipinski definition) is 3. The van der Waals surface area contributed by atoms with Crippen molar-refractivity contribution in [3.8, 4) is 11.3 Å². The fourth-order valence-electron chi connectivity index (χ4n) is 3.34. The van der Waals surface area contributed by atoms with Crippen molar-refractivity contribution in [2.45, 2.75) is 19.9 Å². The molecule has 0 spiro atoms. The number of nitrogens with one attached hydrogen (secondary N) is 3. The first-order valence-corrected chi connectivity index (χ1v) is 9.35. The second kappa shape index (κ2) is 8.35. The van der Waals surface area contributed by atoms with E-state index in [2.05, 4.69) is 10.3 Å². The van der Waals surface area contributed by atoms with E-state index < -0.39 is 0 Å². The van der Waals surface area contributed by atoms with Crippen LogP contribution in [0.15, 0.2) is 48.5 Å². The summed E-state index contributed by atoms with van der Waals surface area (Å²) in [5.74, 6) is -0.474. The second-order valence-corrected chi connectivity index (χ2v) is 7.38. The monoisotopic (exact) mass is 382 g/mol. The summed E-state index contributed by atoms with van der Waals surface area (Å²) >= 11 is 0. The number of hydrogen-bond acceptors (Lipinski definition) is 2. The Labute approximate surface area is 163 Å². The molecule has 146 valence electrons. The molecule has 3 N–H and O–H groups in total. The minimum atomic E-state index is -0.326. The molecule has 5 nitrogen and oxygen atoms in total. The van der Waals surface area contributed by atoms with Crippen molar-refractivity contribution in [3.05, 3.63) is 59.9 Å². The number of likely N-dealkylation sites (N-methyl/N-ethyl adjacent to an activating group) is 1. The molecule has 1 atom stereocenters. The summed E-state index contributed by atoms with van der Waals surface area (Å²) in [6, 6.07) is 13.7. The average molecular weight is 382 g/mol. The number of fused-ring (bicyclic) bond motifs is 1. The molecule has 0 saturated carbocycles. The molecule has 0 radical (unpaired) electrons. The first-order chi connectivity index (χ1) is 13.3. The number of amides is 1. The molecule has 6 heteroatoms. The summed E-state index contributed by atoms with van der Waals surface area (Å²) in [5, 5.41) is 3.67. The molecular weight excluding hydrogens is 357 g/mol. The van der Waals surface area contributed by atoms with Crippen molar-refractivity contribution in [1.82, 2.24) is 10.3 Å². The summed E-state index contributed by atoms with van der Waals surface area (Å²) < 4.78 is 13.3. The summed E-state index contributed by atoms with van der Waals surface area (Å²) in [7, 11) is 1.82. The SMILES string of the molecule is CC(C)NC(=O)C[NH+](C)CC(=O)c1c(-c2ccc(F)cc2)[nH]c2ccccc12. The lowest BCUT2D eigenvalue weighted by atomic mass is 10.0. The van der Waals surface area contributed by atoms with Crippen molar-refractivity contribution in [3.63, 3.8) is 0 Å². The van der Waals surface area contributed by atoms with Gasteiger partial charge in [-0.2, -0.15) is 0 Å². The van der Waals surface area contributed by atoms with Crippen LogP contribution in [-0.4, -0.2) is 42.9 Å². The van der Waals surface area contributed by atoms with Crippen LogP contribution in [0.1, 0.15) is 24.2 Å². The Morgan fingerprint density at radius 2 is 1.75 bits per heavy atom. The minimum Gasteiger partial charge on any atom is -0.354 e. The van der Waals surface area contributed by atoms with E-state index in [4.69, 9.17) is 0 Å². The number of aromatic amines is 1. The zero-order valence-electron chi connectivity index (χ0n) is 16.3. The predicted octanol–water partition coefficient (Wildman–Crippen LogP) is 2.20. The summed E-state index contributed by atoms with van der Waals surface area (Å²) in [4.78, 5) is 29.2. The molecule has 3 aromatic rings. The summed E-state index contributed by atoms with van der Waals surface area (Å²) in [6.07, 6.45) is 0. The van der Waals surface area contributed by atoms with Gasteiger partial charge >= 0.3 is 0 Å². The number of Topliss-reactive ketones (excluding diaryl/α,β-unsaturated/α-hetero) is 1. The predicted molar refractivity (Wildman–Crippen MR) is 108 cm³/mol. The second-order valence-electron chi connectivity index (χ2n) is 7.38. The third-order valence-electron chi connectivity index (χ3n) is 4.49. The molecular formula is C22H25FN3O2+. The summed E-state index contributed by atoms with van der Waals surface area (Å²) in [6.45, 7) is 4.21. The van der Waals surface area contributed by atoms with Gasteiger partial charge in [-0.3, -0.25) is 9.59 Å². The average Bonchev–Trinajstić information content (AvgIpc) is 3.00. The Hall–Kier alpha value is -2.99. The standard InChI is InChI=1S/C22H24FN3O2/c1-14(2)24-20(28)13-26(3)12-19(27)21-17-6-4-5-7-18(17)25-22(21)15-8-10-16(23)11-9-15/h4-11,14,25H,12-13H2,1-3H3,(H,24,28)/p+1. The van der Waals surface area contributed by atoms with Crippen LogP contribution in [0.4, 0.5) is 4.39 Å². The number of halogens is 1. The zero-order chi connectivity index (χ0) is 20.3. The number of carbonyl (C=O) groups is 2. The van der Waals surface area contributed by atoms with Gasteiger partial charge in [-0.1, -0.05) is 18.2 Å². The van der Waals surface area contributed by atoms with Gasteiger partial charge in [-0.25, -0.2) is 4.39 Å². The Bertz CT molecular complexity index is 993. The largest absolute Gasteiger partial charge is 0.354 e. The lowest BCUT2D eigenvalue weighted by Crippen LogP contribution is -3.11. The van der Waals surface area contributed by atoms with Crippen LogP contribution >= 0.6 is 0 Å². The molecule has 1 aromatic heterocycles. The van der Waals surface area contributed by atoms with E-state index in [1.54, 1.807) is 12.1 Å². The van der Waals surface area contributed by atoms with Crippen molar-refractivity contribution < 1.29 is 18.9 Å². The molecule has 2 aromatic carbocycles. The van der Waals surface area contributed by atoms with Crippen molar-refractivity contribution in [1.29, 1.82) is 0 Å². The van der Waals surface area contributed by atoms with Gasteiger partial charge in [0.2, 0.25) is 5.78 Å². The third kappa shape index (κ3) is 4.46. The Balaban J connectivity index is 1.90. The fraction of sp³-hybridized carbons (Fsp3) is 0.273. The van der Waals surface area contributed by atoms with Crippen LogP contribution in [0, 0.1) is 5.82 Å². The fourth-order valence-corrected chi connectivity index (χ4v) is 3.34. The molecule has 0 aliphatic heterocycles. The minimum absolute atomic E-state index is 0.0633. The van der Waals surface area contributed by atoms with E-state index in [1.165, 1.54) is 12.1 Å². The van der Waals surface area contributed by atoms with Crippen LogP contribution in [-0.2, 0) is 4.79 Å². The smallest absolute Gasteiger partial charge is 0.275 e. The number of rotatable bonds is 7. The van der Waals surface area contributed by atoms with Crippen molar-refractivity contribution >= 4 is 22.6 Å². The molecule has 28 heavy (non-hydrogen) atoms. The van der Waals surface area contributed by atoms with Gasteiger partial charge in [0, 0.05) is 16.9 Å². The molecule has 0 fully saturated rings. The van der Waals surface area contributed by atoms with Gasteiger partial charge in [0.1, 0.15) is 12.4 Å². The van der Waals surface area contributed by atoms with Crippen LogP contribution in [0.5, 0.6) is 0 Å². The first kappa shape index (κ1) is 19.8. The normalized spacial score (nSPS) is 12.3. The highest BCUT2D eigenvalue weighted by Crippen LogP contribution is 2.30. The molecule has 1 heterocycles. The van der Waals surface area contributed by atoms with Gasteiger partial charge in [0.25, 0.3) is 5.91 Å². The number of para-hydroxylation sites is 1. The third-order valence-corrected chi connectivity index (χ3v) is 4.49. The van der Waals surface area contributed by atoms with E-state index in [9.17, 15) is 14.0 Å². The maximum atomic E-state index is 13.3. The number of ketones is 1. The number of carbonyl (C=O) groups excluding carboxylic acids is 2. The molecule has 1 unspecified atom stereocenters. The lowest BCUT2D eigenvalue weighted by molar-refractivity contribution is -0.862. The zero-order valence-corrected chi connectivity index (χ0v) is 16.3. The van der Waals surface area contributed by atoms with Crippen LogP contribution < -0.4 is 10.2 Å². The van der Waals surface area contributed by atoms with E-state index in [0.717, 1.165) is 21.4 Å². The lowest BCUT2D eigenvalue weighted by Gasteiger charge is -2.15. The highest BCUT2D eigenvalue weighted by molar-refractivity contribution is 6.13. The maximum absolute atomic E-state index is 13.3.